The molecule has 2 amide bonds. The summed E-state index contributed by atoms with van der Waals surface area (Å²) in [6.45, 7) is 0.355. The Morgan fingerprint density at radius 3 is 2.26 bits per heavy atom. The molecule has 0 spiro atoms. The lowest BCUT2D eigenvalue weighted by atomic mass is 10.2. The molecule has 0 heterocycles. The fraction of sp³-hybridized carbons (Fsp3) is 0.333. The van der Waals surface area contributed by atoms with Crippen molar-refractivity contribution in [3.63, 3.8) is 0 Å². The van der Waals surface area contributed by atoms with Gasteiger partial charge in [-0.2, -0.15) is 0 Å². The third kappa shape index (κ3) is 5.27. The Morgan fingerprint density at radius 2 is 1.84 bits per heavy atom. The molecule has 19 heavy (non-hydrogen) atoms. The Hall–Kier alpha value is -1.60. The summed E-state index contributed by atoms with van der Waals surface area (Å²) >= 11 is 3.37. The number of hydrogen-bond acceptors (Lipinski definition) is 4. The van der Waals surface area contributed by atoms with E-state index in [4.69, 9.17) is 16.2 Å². The normalized spacial score (nSPS) is 10.5. The van der Waals surface area contributed by atoms with Crippen molar-refractivity contribution >= 4 is 27.7 Å². The second kappa shape index (κ2) is 7.10. The minimum absolute atomic E-state index is 0.0212. The first-order valence-corrected chi connectivity index (χ1v) is 6.33. The van der Waals surface area contributed by atoms with Crippen molar-refractivity contribution in [3.05, 3.63) is 28.2 Å². The van der Waals surface area contributed by atoms with Gasteiger partial charge >= 0.3 is 0 Å². The van der Waals surface area contributed by atoms with Gasteiger partial charge in [0.1, 0.15) is 5.75 Å². The zero-order valence-corrected chi connectivity index (χ0v) is 12.1. The van der Waals surface area contributed by atoms with Gasteiger partial charge < -0.3 is 16.2 Å². The van der Waals surface area contributed by atoms with Crippen LogP contribution in [-0.2, 0) is 16.1 Å². The highest BCUT2D eigenvalue weighted by Crippen LogP contribution is 2.25. The highest BCUT2D eigenvalue weighted by molar-refractivity contribution is 9.10. The van der Waals surface area contributed by atoms with Crippen LogP contribution in [0.25, 0.3) is 0 Å². The molecule has 0 fully saturated rings. The van der Waals surface area contributed by atoms with E-state index in [9.17, 15) is 9.59 Å². The highest BCUT2D eigenvalue weighted by atomic mass is 79.9. The molecular weight excluding hydrogens is 314 g/mol. The van der Waals surface area contributed by atoms with Gasteiger partial charge in [-0.25, -0.2) is 0 Å². The van der Waals surface area contributed by atoms with Crippen LogP contribution in [0.2, 0.25) is 0 Å². The average Bonchev–Trinajstić information content (AvgIpc) is 2.27. The summed E-state index contributed by atoms with van der Waals surface area (Å²) in [7, 11) is 1.58. The van der Waals surface area contributed by atoms with E-state index >= 15 is 0 Å². The standard InChI is InChI=1S/C12H16BrN3O3/c1-19-10-3-2-8(4-9(10)13)5-16(6-11(14)17)7-12(15)18/h2-4H,5-7H2,1H3,(H2,14,17)(H2,15,18). The monoisotopic (exact) mass is 329 g/mol. The summed E-state index contributed by atoms with van der Waals surface area (Å²) in [6, 6.07) is 5.50. The number of hydrogen-bond donors (Lipinski definition) is 2. The summed E-state index contributed by atoms with van der Waals surface area (Å²) in [5, 5.41) is 0. The molecule has 0 unspecified atom stereocenters. The maximum Gasteiger partial charge on any atom is 0.231 e. The van der Waals surface area contributed by atoms with Crippen LogP contribution in [0.5, 0.6) is 5.75 Å². The van der Waals surface area contributed by atoms with Crippen LogP contribution < -0.4 is 16.2 Å². The number of nitrogens with zero attached hydrogens (tertiary/aromatic N) is 1. The smallest absolute Gasteiger partial charge is 0.231 e. The topological polar surface area (TPSA) is 98.7 Å². The number of ether oxygens (including phenoxy) is 1. The molecule has 4 N–H and O–H groups in total. The summed E-state index contributed by atoms with van der Waals surface area (Å²) in [4.78, 5) is 23.5. The molecule has 1 aromatic carbocycles. The van der Waals surface area contributed by atoms with Gasteiger partial charge in [0.25, 0.3) is 0 Å². The van der Waals surface area contributed by atoms with Crippen LogP contribution in [0, 0.1) is 0 Å². The zero-order valence-electron chi connectivity index (χ0n) is 10.6. The number of carbonyl (C=O) groups excluding carboxylic acids is 2. The van der Waals surface area contributed by atoms with Gasteiger partial charge in [-0.3, -0.25) is 14.5 Å². The van der Waals surface area contributed by atoms with Crippen molar-refractivity contribution < 1.29 is 14.3 Å². The molecule has 0 bridgehead atoms. The van der Waals surface area contributed by atoms with E-state index in [0.29, 0.717) is 12.3 Å². The lowest BCUT2D eigenvalue weighted by molar-refractivity contribution is -0.122. The van der Waals surface area contributed by atoms with Crippen LogP contribution in [0.15, 0.2) is 22.7 Å². The first-order chi connectivity index (χ1) is 8.92. The molecule has 1 rings (SSSR count). The van der Waals surface area contributed by atoms with E-state index in [-0.39, 0.29) is 13.1 Å². The molecule has 0 aliphatic heterocycles. The Morgan fingerprint density at radius 1 is 1.26 bits per heavy atom. The number of carbonyl (C=O) groups is 2. The van der Waals surface area contributed by atoms with E-state index in [0.717, 1.165) is 10.0 Å². The van der Waals surface area contributed by atoms with E-state index in [1.807, 2.05) is 12.1 Å². The van der Waals surface area contributed by atoms with Gasteiger partial charge in [-0.15, -0.1) is 0 Å². The molecule has 0 saturated carbocycles. The van der Waals surface area contributed by atoms with E-state index in [2.05, 4.69) is 15.9 Å². The predicted octanol–water partition coefficient (Wildman–Crippen LogP) is 0.230. The van der Waals surface area contributed by atoms with Crippen LogP contribution in [0.4, 0.5) is 0 Å². The number of halogens is 1. The minimum atomic E-state index is -0.506. The number of methoxy groups -OCH3 is 1. The summed E-state index contributed by atoms with van der Waals surface area (Å²) in [6.07, 6.45) is 0. The lowest BCUT2D eigenvalue weighted by Gasteiger charge is -2.19. The molecule has 0 atom stereocenters. The SMILES string of the molecule is COc1ccc(CN(CC(N)=O)CC(N)=O)cc1Br. The van der Waals surface area contributed by atoms with E-state index < -0.39 is 11.8 Å². The Balaban J connectivity index is 2.80. The molecule has 0 radical (unpaired) electrons. The van der Waals surface area contributed by atoms with Gasteiger partial charge in [0, 0.05) is 6.54 Å². The minimum Gasteiger partial charge on any atom is -0.496 e. The van der Waals surface area contributed by atoms with Crippen molar-refractivity contribution in [2.75, 3.05) is 20.2 Å². The van der Waals surface area contributed by atoms with Gasteiger partial charge in [0.15, 0.2) is 0 Å². The fourth-order valence-corrected chi connectivity index (χ4v) is 2.26. The van der Waals surface area contributed by atoms with Crippen molar-refractivity contribution in [2.24, 2.45) is 11.5 Å². The number of amides is 2. The fourth-order valence-electron chi connectivity index (χ4n) is 1.67. The van der Waals surface area contributed by atoms with E-state index in [1.54, 1.807) is 18.1 Å². The molecule has 0 aliphatic carbocycles. The zero-order chi connectivity index (χ0) is 14.4. The van der Waals surface area contributed by atoms with Gasteiger partial charge in [0.05, 0.1) is 24.7 Å². The van der Waals surface area contributed by atoms with Crippen molar-refractivity contribution in [3.8, 4) is 5.75 Å². The molecule has 0 aliphatic rings. The predicted molar refractivity (Wildman–Crippen MR) is 74.4 cm³/mol. The number of primary amides is 2. The van der Waals surface area contributed by atoms with Crippen molar-refractivity contribution in [1.29, 1.82) is 0 Å². The maximum atomic E-state index is 10.9. The molecule has 1 aromatic rings. The quantitative estimate of drug-likeness (QED) is 0.748. The third-order valence-electron chi connectivity index (χ3n) is 2.38. The molecule has 0 aromatic heterocycles. The summed E-state index contributed by atoms with van der Waals surface area (Å²) in [5.41, 5.74) is 11.2. The average molecular weight is 330 g/mol. The van der Waals surface area contributed by atoms with Crippen LogP contribution in [-0.4, -0.2) is 36.9 Å². The largest absolute Gasteiger partial charge is 0.496 e. The van der Waals surface area contributed by atoms with Gasteiger partial charge in [-0.1, -0.05) is 6.07 Å². The molecule has 6 nitrogen and oxygen atoms in total. The first-order valence-electron chi connectivity index (χ1n) is 5.53. The lowest BCUT2D eigenvalue weighted by Crippen LogP contribution is -2.39. The van der Waals surface area contributed by atoms with Gasteiger partial charge in [0.2, 0.25) is 11.8 Å². The maximum absolute atomic E-state index is 10.9. The van der Waals surface area contributed by atoms with Crippen LogP contribution in [0.1, 0.15) is 5.56 Å². The Bertz CT molecular complexity index is 463. The van der Waals surface area contributed by atoms with Crippen LogP contribution in [0.3, 0.4) is 0 Å². The number of benzene rings is 1. The molecule has 0 saturated heterocycles. The van der Waals surface area contributed by atoms with Crippen molar-refractivity contribution in [1.82, 2.24) is 4.90 Å². The summed E-state index contributed by atoms with van der Waals surface area (Å²) in [5.74, 6) is -0.303. The second-order valence-electron chi connectivity index (χ2n) is 4.05. The van der Waals surface area contributed by atoms with Crippen molar-refractivity contribution in [2.45, 2.75) is 6.54 Å². The van der Waals surface area contributed by atoms with E-state index in [1.165, 1.54) is 0 Å². The number of rotatable bonds is 7. The highest BCUT2D eigenvalue weighted by Gasteiger charge is 2.12. The second-order valence-corrected chi connectivity index (χ2v) is 4.90. The number of nitrogens with two attached hydrogens (primary N) is 2. The first kappa shape index (κ1) is 15.5. The Labute approximate surface area is 119 Å². The van der Waals surface area contributed by atoms with Crippen LogP contribution >= 0.6 is 15.9 Å². The summed E-state index contributed by atoms with van der Waals surface area (Å²) < 4.78 is 5.92. The molecule has 7 heteroatoms. The Kier molecular flexibility index (Phi) is 5.78. The van der Waals surface area contributed by atoms with Gasteiger partial charge in [-0.05, 0) is 33.6 Å². The molecule has 104 valence electrons. The third-order valence-corrected chi connectivity index (χ3v) is 3.00. The molecular formula is C12H16BrN3O3.